The summed E-state index contributed by atoms with van der Waals surface area (Å²) in [6, 6.07) is 2.54. The maximum atomic E-state index is 13.7. The lowest BCUT2D eigenvalue weighted by Crippen LogP contribution is -2.34. The minimum absolute atomic E-state index is 0.149. The maximum absolute atomic E-state index is 13.7. The van der Waals surface area contributed by atoms with Crippen molar-refractivity contribution in [2.24, 2.45) is 17.8 Å². The number of rotatable bonds is 4. The Morgan fingerprint density at radius 3 is 2.12 bits per heavy atom. The Bertz CT molecular complexity index is 527. The first-order valence-corrected chi connectivity index (χ1v) is 9.75. The van der Waals surface area contributed by atoms with Crippen molar-refractivity contribution in [3.63, 3.8) is 0 Å². The average Bonchev–Trinajstić information content (AvgIpc) is 2.60. The zero-order valence-corrected chi connectivity index (χ0v) is 15.7. The molecule has 5 heteroatoms. The lowest BCUT2D eigenvalue weighted by Gasteiger charge is -2.37. The molecule has 1 saturated heterocycles. The van der Waals surface area contributed by atoms with Gasteiger partial charge >= 0.3 is 0 Å². The molecular weight excluding hydrogens is 378 g/mol. The summed E-state index contributed by atoms with van der Waals surface area (Å²) in [6.45, 7) is 3.46. The Hall–Kier alpha value is -0.520. The SMILES string of the molecule is CCCC1CCC(C2COC(c3cc(F)c(Br)c(F)c3)OC2)CC1. The molecule has 24 heavy (non-hydrogen) atoms. The van der Waals surface area contributed by atoms with E-state index in [4.69, 9.17) is 9.47 Å². The van der Waals surface area contributed by atoms with E-state index in [2.05, 4.69) is 22.9 Å². The van der Waals surface area contributed by atoms with Gasteiger partial charge < -0.3 is 9.47 Å². The highest BCUT2D eigenvalue weighted by molar-refractivity contribution is 9.10. The summed E-state index contributed by atoms with van der Waals surface area (Å²) in [5, 5.41) is 0. The number of hydrogen-bond acceptors (Lipinski definition) is 2. The first-order valence-electron chi connectivity index (χ1n) is 8.96. The molecule has 1 aliphatic carbocycles. The molecule has 0 radical (unpaired) electrons. The second-order valence-electron chi connectivity index (χ2n) is 7.13. The summed E-state index contributed by atoms with van der Waals surface area (Å²) < 4.78 is 38.7. The van der Waals surface area contributed by atoms with Crippen molar-refractivity contribution in [2.45, 2.75) is 51.7 Å². The van der Waals surface area contributed by atoms with E-state index in [1.54, 1.807) is 0 Å². The summed E-state index contributed by atoms with van der Waals surface area (Å²) in [4.78, 5) is 0. The zero-order valence-electron chi connectivity index (χ0n) is 14.1. The van der Waals surface area contributed by atoms with E-state index in [1.165, 1.54) is 50.7 Å². The van der Waals surface area contributed by atoms with Gasteiger partial charge in [-0.2, -0.15) is 0 Å². The quantitative estimate of drug-likeness (QED) is 0.575. The highest BCUT2D eigenvalue weighted by Crippen LogP contribution is 2.39. The first kappa shape index (κ1) is 18.3. The predicted octanol–water partition coefficient (Wildman–Crippen LogP) is 6.00. The van der Waals surface area contributed by atoms with E-state index < -0.39 is 17.9 Å². The largest absolute Gasteiger partial charge is 0.348 e. The van der Waals surface area contributed by atoms with Gasteiger partial charge in [0.25, 0.3) is 0 Å². The smallest absolute Gasteiger partial charge is 0.184 e. The minimum atomic E-state index is -0.671. The Kier molecular flexibility index (Phi) is 6.27. The van der Waals surface area contributed by atoms with Gasteiger partial charge in [-0.1, -0.05) is 32.6 Å². The first-order chi connectivity index (χ1) is 11.6. The molecule has 1 aromatic rings. The van der Waals surface area contributed by atoms with Gasteiger partial charge in [0.1, 0.15) is 11.6 Å². The molecule has 0 bridgehead atoms. The van der Waals surface area contributed by atoms with Crippen molar-refractivity contribution in [2.75, 3.05) is 13.2 Å². The number of halogens is 3. The molecular formula is C19H25BrF2O2. The lowest BCUT2D eigenvalue weighted by molar-refractivity contribution is -0.215. The van der Waals surface area contributed by atoms with Crippen LogP contribution in [0.25, 0.3) is 0 Å². The van der Waals surface area contributed by atoms with E-state index in [1.807, 2.05) is 0 Å². The third-order valence-electron chi connectivity index (χ3n) is 5.46. The fraction of sp³-hybridized carbons (Fsp3) is 0.684. The third kappa shape index (κ3) is 4.17. The Labute approximate surface area is 151 Å². The van der Waals surface area contributed by atoms with Crippen LogP contribution in [0, 0.1) is 29.4 Å². The second kappa shape index (κ2) is 8.24. The molecule has 2 fully saturated rings. The Morgan fingerprint density at radius 2 is 1.58 bits per heavy atom. The number of benzene rings is 1. The standard InChI is InChI=1S/C19H25BrF2O2/c1-2-3-12-4-6-13(7-5-12)15-10-23-19(24-11-15)14-8-16(21)18(20)17(22)9-14/h8-9,12-13,15,19H,2-7,10-11H2,1H3. The van der Waals surface area contributed by atoms with E-state index >= 15 is 0 Å². The molecule has 0 amide bonds. The molecule has 0 spiro atoms. The third-order valence-corrected chi connectivity index (χ3v) is 6.21. The molecule has 1 heterocycles. The van der Waals surface area contributed by atoms with Gasteiger partial charge in [-0.15, -0.1) is 0 Å². The highest BCUT2D eigenvalue weighted by atomic mass is 79.9. The lowest BCUT2D eigenvalue weighted by atomic mass is 9.75. The maximum Gasteiger partial charge on any atom is 0.184 e. The molecule has 1 aliphatic heterocycles. The van der Waals surface area contributed by atoms with E-state index in [-0.39, 0.29) is 4.47 Å². The molecule has 2 aliphatic rings. The van der Waals surface area contributed by atoms with Crippen molar-refractivity contribution >= 4 is 15.9 Å². The summed E-state index contributed by atoms with van der Waals surface area (Å²) in [7, 11) is 0. The van der Waals surface area contributed by atoms with Crippen molar-refractivity contribution in [1.29, 1.82) is 0 Å². The van der Waals surface area contributed by atoms with Crippen LogP contribution in [0.5, 0.6) is 0 Å². The fourth-order valence-electron chi connectivity index (χ4n) is 4.05. The Balaban J connectivity index is 1.53. The summed E-state index contributed by atoms with van der Waals surface area (Å²) in [5.74, 6) is 0.673. The average molecular weight is 403 g/mol. The molecule has 0 atom stereocenters. The van der Waals surface area contributed by atoms with Crippen LogP contribution in [0.1, 0.15) is 57.3 Å². The summed E-state index contributed by atoms with van der Waals surface area (Å²) in [6.07, 6.45) is 7.04. The van der Waals surface area contributed by atoms with Gasteiger partial charge in [0.05, 0.1) is 17.7 Å². The number of ether oxygens (including phenoxy) is 2. The van der Waals surface area contributed by atoms with Crippen LogP contribution in [0.2, 0.25) is 0 Å². The molecule has 0 aromatic heterocycles. The highest BCUT2D eigenvalue weighted by Gasteiger charge is 2.32. The van der Waals surface area contributed by atoms with Crippen molar-refractivity contribution in [1.82, 2.24) is 0 Å². The monoisotopic (exact) mass is 402 g/mol. The molecule has 3 rings (SSSR count). The molecule has 1 aromatic carbocycles. The normalized spacial score (nSPS) is 31.2. The van der Waals surface area contributed by atoms with Crippen molar-refractivity contribution < 1.29 is 18.3 Å². The van der Waals surface area contributed by atoms with E-state index in [9.17, 15) is 8.78 Å². The molecule has 1 saturated carbocycles. The number of hydrogen-bond donors (Lipinski definition) is 0. The van der Waals surface area contributed by atoms with Crippen LogP contribution < -0.4 is 0 Å². The van der Waals surface area contributed by atoms with Crippen LogP contribution in [0.3, 0.4) is 0 Å². The van der Waals surface area contributed by atoms with Crippen LogP contribution in [-0.2, 0) is 9.47 Å². The van der Waals surface area contributed by atoms with Crippen molar-refractivity contribution in [3.8, 4) is 0 Å². The summed E-state index contributed by atoms with van der Waals surface area (Å²) in [5.41, 5.74) is 0.401. The van der Waals surface area contributed by atoms with Crippen molar-refractivity contribution in [3.05, 3.63) is 33.8 Å². The van der Waals surface area contributed by atoms with Gasteiger partial charge in [-0.3, -0.25) is 0 Å². The van der Waals surface area contributed by atoms with Crippen LogP contribution >= 0.6 is 15.9 Å². The van der Waals surface area contributed by atoms with Crippen LogP contribution in [0.4, 0.5) is 8.78 Å². The fourth-order valence-corrected chi connectivity index (χ4v) is 4.28. The zero-order chi connectivity index (χ0) is 17.1. The van der Waals surface area contributed by atoms with E-state index in [0.717, 1.165) is 5.92 Å². The molecule has 0 N–H and O–H groups in total. The van der Waals surface area contributed by atoms with Gasteiger partial charge in [-0.25, -0.2) is 8.78 Å². The molecule has 2 nitrogen and oxygen atoms in total. The van der Waals surface area contributed by atoms with Gasteiger partial charge in [0.15, 0.2) is 6.29 Å². The molecule has 134 valence electrons. The van der Waals surface area contributed by atoms with Crippen LogP contribution in [0.15, 0.2) is 16.6 Å². The Morgan fingerprint density at radius 1 is 1.00 bits per heavy atom. The minimum Gasteiger partial charge on any atom is -0.348 e. The second-order valence-corrected chi connectivity index (χ2v) is 7.92. The van der Waals surface area contributed by atoms with Gasteiger partial charge in [0.2, 0.25) is 0 Å². The summed E-state index contributed by atoms with van der Waals surface area (Å²) >= 11 is 2.88. The van der Waals surface area contributed by atoms with E-state index in [0.29, 0.717) is 30.6 Å². The van der Waals surface area contributed by atoms with Gasteiger partial charge in [0, 0.05) is 11.5 Å². The van der Waals surface area contributed by atoms with Crippen LogP contribution in [-0.4, -0.2) is 13.2 Å². The topological polar surface area (TPSA) is 18.5 Å². The van der Waals surface area contributed by atoms with Gasteiger partial charge in [-0.05, 0) is 52.7 Å². The predicted molar refractivity (Wildman–Crippen MR) is 92.5 cm³/mol. The molecule has 0 unspecified atom stereocenters.